The highest BCUT2D eigenvalue weighted by Crippen LogP contribution is 2.26. The number of nitrogen functional groups attached to an aromatic ring is 1. The molecule has 0 saturated heterocycles. The Kier molecular flexibility index (Phi) is 6.04. The van der Waals surface area contributed by atoms with Gasteiger partial charge in [-0.3, -0.25) is 4.79 Å². The number of aromatic nitrogens is 1. The van der Waals surface area contributed by atoms with Crippen LogP contribution in [0.3, 0.4) is 0 Å². The number of nitrogens with zero attached hydrogens (tertiary/aromatic N) is 2. The molecule has 1 rings (SSSR count). The number of hydrogen-bond acceptors (Lipinski definition) is 6. The van der Waals surface area contributed by atoms with E-state index in [2.05, 4.69) is 10.3 Å². The number of ether oxygens (including phenoxy) is 1. The van der Waals surface area contributed by atoms with E-state index >= 15 is 0 Å². The molecule has 1 heterocycles. The second kappa shape index (κ2) is 7.30. The van der Waals surface area contributed by atoms with Crippen molar-refractivity contribution in [1.29, 1.82) is 0 Å². The SMILES string of the molecule is CCOCCN(C)C(=O)c1sc(NC(C)C)nc1N. The predicted molar refractivity (Wildman–Crippen MR) is 78.7 cm³/mol. The Bertz CT molecular complexity index is 420. The van der Waals surface area contributed by atoms with Crippen LogP contribution in [0, 0.1) is 0 Å². The lowest BCUT2D eigenvalue weighted by molar-refractivity contribution is 0.0715. The first-order chi connectivity index (χ1) is 8.95. The fourth-order valence-electron chi connectivity index (χ4n) is 1.41. The first-order valence-electron chi connectivity index (χ1n) is 6.31. The molecule has 1 amide bonds. The molecular weight excluding hydrogens is 264 g/mol. The Morgan fingerprint density at radius 3 is 2.84 bits per heavy atom. The van der Waals surface area contributed by atoms with Gasteiger partial charge < -0.3 is 20.7 Å². The highest BCUT2D eigenvalue weighted by molar-refractivity contribution is 7.18. The Morgan fingerprint density at radius 2 is 2.26 bits per heavy atom. The second-order valence-corrected chi connectivity index (χ2v) is 5.46. The number of rotatable bonds is 7. The molecule has 3 N–H and O–H groups in total. The maximum Gasteiger partial charge on any atom is 0.267 e. The van der Waals surface area contributed by atoms with E-state index < -0.39 is 0 Å². The van der Waals surface area contributed by atoms with Gasteiger partial charge in [0.1, 0.15) is 10.7 Å². The van der Waals surface area contributed by atoms with Crippen molar-refractivity contribution in [2.75, 3.05) is 37.9 Å². The number of anilines is 2. The zero-order valence-corrected chi connectivity index (χ0v) is 12.7. The summed E-state index contributed by atoms with van der Waals surface area (Å²) in [5, 5.41) is 3.82. The molecule has 0 aliphatic carbocycles. The van der Waals surface area contributed by atoms with Crippen molar-refractivity contribution < 1.29 is 9.53 Å². The third kappa shape index (κ3) is 4.68. The van der Waals surface area contributed by atoms with Gasteiger partial charge in [0.15, 0.2) is 5.13 Å². The van der Waals surface area contributed by atoms with Gasteiger partial charge in [0.05, 0.1) is 6.61 Å². The number of likely N-dealkylation sites (N-methyl/N-ethyl adjacent to an activating group) is 1. The number of amides is 1. The van der Waals surface area contributed by atoms with E-state index in [0.29, 0.717) is 29.8 Å². The first kappa shape index (κ1) is 15.7. The topological polar surface area (TPSA) is 80.5 Å². The van der Waals surface area contributed by atoms with Gasteiger partial charge in [0.25, 0.3) is 5.91 Å². The van der Waals surface area contributed by atoms with Gasteiger partial charge >= 0.3 is 0 Å². The molecule has 0 aliphatic rings. The van der Waals surface area contributed by atoms with Gasteiger partial charge in [-0.25, -0.2) is 4.98 Å². The normalized spacial score (nSPS) is 10.8. The average Bonchev–Trinajstić information content (AvgIpc) is 2.68. The van der Waals surface area contributed by atoms with Crippen molar-refractivity contribution in [3.05, 3.63) is 4.88 Å². The molecular formula is C12H22N4O2S. The molecule has 108 valence electrons. The number of hydrogen-bond donors (Lipinski definition) is 2. The van der Waals surface area contributed by atoms with Crippen LogP contribution >= 0.6 is 11.3 Å². The Labute approximate surface area is 118 Å². The van der Waals surface area contributed by atoms with E-state index in [1.807, 2.05) is 20.8 Å². The monoisotopic (exact) mass is 286 g/mol. The molecule has 1 aromatic rings. The molecule has 19 heavy (non-hydrogen) atoms. The van der Waals surface area contributed by atoms with E-state index in [1.165, 1.54) is 11.3 Å². The Balaban J connectivity index is 2.68. The van der Waals surface area contributed by atoms with Crippen LogP contribution in [0.5, 0.6) is 0 Å². The lowest BCUT2D eigenvalue weighted by Gasteiger charge is -2.15. The van der Waals surface area contributed by atoms with Crippen molar-refractivity contribution >= 4 is 28.2 Å². The molecule has 0 saturated carbocycles. The average molecular weight is 286 g/mol. The lowest BCUT2D eigenvalue weighted by Crippen LogP contribution is -2.30. The molecule has 0 atom stereocenters. The van der Waals surface area contributed by atoms with E-state index in [0.717, 1.165) is 0 Å². The number of carbonyl (C=O) groups excluding carboxylic acids is 1. The van der Waals surface area contributed by atoms with Crippen LogP contribution in [0.2, 0.25) is 0 Å². The fourth-order valence-corrected chi connectivity index (χ4v) is 2.44. The molecule has 0 radical (unpaired) electrons. The minimum absolute atomic E-state index is 0.119. The standard InChI is InChI=1S/C12H22N4O2S/c1-5-18-7-6-16(4)11(17)9-10(13)15-12(19-9)14-8(2)3/h8H,5-7,13H2,1-4H3,(H,14,15). The van der Waals surface area contributed by atoms with E-state index in [-0.39, 0.29) is 17.8 Å². The number of nitrogens with two attached hydrogens (primary N) is 1. The summed E-state index contributed by atoms with van der Waals surface area (Å²) >= 11 is 1.28. The van der Waals surface area contributed by atoms with Gasteiger partial charge in [-0.15, -0.1) is 0 Å². The van der Waals surface area contributed by atoms with Crippen LogP contribution < -0.4 is 11.1 Å². The quantitative estimate of drug-likeness (QED) is 0.745. The smallest absolute Gasteiger partial charge is 0.267 e. The Morgan fingerprint density at radius 1 is 1.58 bits per heavy atom. The maximum absolute atomic E-state index is 12.2. The summed E-state index contributed by atoms with van der Waals surface area (Å²) in [5.74, 6) is 0.160. The predicted octanol–water partition coefficient (Wildman–Crippen LogP) is 1.65. The minimum Gasteiger partial charge on any atom is -0.382 e. The Hall–Kier alpha value is -1.34. The molecule has 0 bridgehead atoms. The van der Waals surface area contributed by atoms with Crippen molar-refractivity contribution in [2.45, 2.75) is 26.8 Å². The van der Waals surface area contributed by atoms with Crippen LogP contribution in [-0.4, -0.2) is 48.6 Å². The summed E-state index contributed by atoms with van der Waals surface area (Å²) in [6.45, 7) is 7.64. The van der Waals surface area contributed by atoms with Gasteiger partial charge in [-0.1, -0.05) is 11.3 Å². The van der Waals surface area contributed by atoms with Crippen molar-refractivity contribution in [3.63, 3.8) is 0 Å². The van der Waals surface area contributed by atoms with Crippen molar-refractivity contribution in [2.24, 2.45) is 0 Å². The van der Waals surface area contributed by atoms with Gasteiger partial charge in [0, 0.05) is 26.2 Å². The van der Waals surface area contributed by atoms with E-state index in [9.17, 15) is 4.79 Å². The molecule has 0 unspecified atom stereocenters. The van der Waals surface area contributed by atoms with E-state index in [1.54, 1.807) is 11.9 Å². The molecule has 6 nitrogen and oxygen atoms in total. The molecule has 0 aliphatic heterocycles. The van der Waals surface area contributed by atoms with Gasteiger partial charge in [-0.2, -0.15) is 0 Å². The maximum atomic E-state index is 12.2. The number of carbonyl (C=O) groups is 1. The zero-order valence-electron chi connectivity index (χ0n) is 11.9. The minimum atomic E-state index is -0.119. The van der Waals surface area contributed by atoms with Crippen LogP contribution in [0.25, 0.3) is 0 Å². The summed E-state index contributed by atoms with van der Waals surface area (Å²) in [4.78, 5) is 18.4. The first-order valence-corrected chi connectivity index (χ1v) is 7.13. The molecule has 1 aromatic heterocycles. The molecule has 0 fully saturated rings. The van der Waals surface area contributed by atoms with Crippen LogP contribution in [-0.2, 0) is 4.74 Å². The molecule has 0 aromatic carbocycles. The van der Waals surface area contributed by atoms with Crippen LogP contribution in [0.4, 0.5) is 10.9 Å². The molecule has 7 heteroatoms. The van der Waals surface area contributed by atoms with Crippen LogP contribution in [0.1, 0.15) is 30.4 Å². The number of nitrogens with one attached hydrogen (secondary N) is 1. The third-order valence-electron chi connectivity index (χ3n) is 2.38. The van der Waals surface area contributed by atoms with Gasteiger partial charge in [0.2, 0.25) is 0 Å². The third-order valence-corrected chi connectivity index (χ3v) is 3.37. The summed E-state index contributed by atoms with van der Waals surface area (Å²) < 4.78 is 5.23. The highest BCUT2D eigenvalue weighted by Gasteiger charge is 2.19. The van der Waals surface area contributed by atoms with Gasteiger partial charge in [-0.05, 0) is 20.8 Å². The fraction of sp³-hybridized carbons (Fsp3) is 0.667. The largest absolute Gasteiger partial charge is 0.382 e. The number of thiazole rings is 1. The summed E-state index contributed by atoms with van der Waals surface area (Å²) in [6, 6.07) is 0.254. The summed E-state index contributed by atoms with van der Waals surface area (Å²) in [5.41, 5.74) is 5.79. The van der Waals surface area contributed by atoms with Crippen LogP contribution in [0.15, 0.2) is 0 Å². The van der Waals surface area contributed by atoms with Crippen molar-refractivity contribution in [1.82, 2.24) is 9.88 Å². The van der Waals surface area contributed by atoms with Crippen molar-refractivity contribution in [3.8, 4) is 0 Å². The lowest BCUT2D eigenvalue weighted by atomic mass is 10.4. The second-order valence-electron chi connectivity index (χ2n) is 4.46. The summed E-state index contributed by atoms with van der Waals surface area (Å²) in [7, 11) is 1.73. The van der Waals surface area contributed by atoms with E-state index in [4.69, 9.17) is 10.5 Å². The highest BCUT2D eigenvalue weighted by atomic mass is 32.1. The summed E-state index contributed by atoms with van der Waals surface area (Å²) in [6.07, 6.45) is 0. The zero-order chi connectivity index (χ0) is 14.4. The molecule has 0 spiro atoms.